The predicted molar refractivity (Wildman–Crippen MR) is 94.1 cm³/mol. The monoisotopic (exact) mass is 389 g/mol. The molecule has 2 aromatic carbocycles. The van der Waals surface area contributed by atoms with Crippen LogP contribution in [-0.2, 0) is 4.74 Å². The molecule has 0 amide bonds. The third-order valence-electron chi connectivity index (χ3n) is 4.66. The first-order chi connectivity index (χ1) is 13.5. The number of hydrogen-bond acceptors (Lipinski definition) is 4. The van der Waals surface area contributed by atoms with Crippen LogP contribution in [-0.4, -0.2) is 23.8 Å². The normalized spacial score (nSPS) is 15.4. The lowest BCUT2D eigenvalue weighted by molar-refractivity contribution is 0.0523. The predicted octanol–water partition coefficient (Wildman–Crippen LogP) is 3.58. The van der Waals surface area contributed by atoms with Crippen LogP contribution in [0.3, 0.4) is 0 Å². The number of ether oxygens (including phenoxy) is 2. The van der Waals surface area contributed by atoms with Crippen molar-refractivity contribution in [1.82, 2.24) is 4.57 Å². The van der Waals surface area contributed by atoms with E-state index in [1.807, 2.05) is 0 Å². The maximum atomic E-state index is 14.6. The van der Waals surface area contributed by atoms with Crippen LogP contribution in [0.25, 0.3) is 10.9 Å². The van der Waals surface area contributed by atoms with Crippen LogP contribution in [0.4, 0.5) is 13.2 Å². The smallest absolute Gasteiger partial charge is 0.343 e. The van der Waals surface area contributed by atoms with Crippen molar-refractivity contribution in [1.29, 1.82) is 0 Å². The maximum absolute atomic E-state index is 14.6. The Balaban J connectivity index is 2.12. The fourth-order valence-corrected chi connectivity index (χ4v) is 3.38. The third kappa shape index (κ3) is 2.56. The molecule has 0 fully saturated rings. The summed E-state index contributed by atoms with van der Waals surface area (Å²) in [6, 6.07) is 8.27. The molecule has 0 saturated heterocycles. The number of pyridine rings is 1. The van der Waals surface area contributed by atoms with Crippen LogP contribution in [0.15, 0.2) is 41.3 Å². The van der Waals surface area contributed by atoms with E-state index in [9.17, 15) is 22.8 Å². The second-order valence-corrected chi connectivity index (χ2v) is 6.23. The van der Waals surface area contributed by atoms with E-state index in [0.717, 1.165) is 5.56 Å². The molecular weight excluding hydrogens is 375 g/mol. The van der Waals surface area contributed by atoms with Gasteiger partial charge in [0.1, 0.15) is 17.7 Å². The topological polar surface area (TPSA) is 57.5 Å². The number of carbonyl (C=O) groups excluding carboxylic acids is 1. The largest absolute Gasteiger partial charge is 0.486 e. The molecule has 5 nitrogen and oxygen atoms in total. The van der Waals surface area contributed by atoms with Gasteiger partial charge in [0.25, 0.3) is 0 Å². The van der Waals surface area contributed by atoms with Crippen LogP contribution in [0.2, 0.25) is 0 Å². The zero-order valence-electron chi connectivity index (χ0n) is 14.7. The van der Waals surface area contributed by atoms with Gasteiger partial charge in [-0.15, -0.1) is 0 Å². The summed E-state index contributed by atoms with van der Waals surface area (Å²) in [5.74, 6) is -6.55. The highest BCUT2D eigenvalue weighted by atomic mass is 19.2. The lowest BCUT2D eigenvalue weighted by Crippen LogP contribution is -2.30. The Morgan fingerprint density at radius 3 is 2.57 bits per heavy atom. The second kappa shape index (κ2) is 6.70. The third-order valence-corrected chi connectivity index (χ3v) is 4.66. The Morgan fingerprint density at radius 2 is 1.89 bits per heavy atom. The fourth-order valence-electron chi connectivity index (χ4n) is 3.38. The maximum Gasteiger partial charge on any atom is 0.343 e. The Bertz CT molecular complexity index is 1160. The Labute approximate surface area is 156 Å². The Hall–Kier alpha value is -3.29. The number of carbonyl (C=O) groups is 1. The SMILES string of the molecule is CCOC(=O)c1cn2c3c(c(F)c(F)c(F)c3c1=O)OCC2c1ccccc1. The van der Waals surface area contributed by atoms with Crippen molar-refractivity contribution in [2.75, 3.05) is 13.2 Å². The summed E-state index contributed by atoms with van der Waals surface area (Å²) < 4.78 is 54.5. The average molecular weight is 389 g/mol. The Morgan fingerprint density at radius 1 is 1.18 bits per heavy atom. The average Bonchev–Trinajstić information content (AvgIpc) is 2.71. The molecule has 1 aliphatic rings. The van der Waals surface area contributed by atoms with Crippen LogP contribution >= 0.6 is 0 Å². The molecule has 0 bridgehead atoms. The first kappa shape index (κ1) is 18.1. The quantitative estimate of drug-likeness (QED) is 0.508. The van der Waals surface area contributed by atoms with Crippen LogP contribution < -0.4 is 10.2 Å². The standard InChI is InChI=1S/C20H14F3NO4/c1-2-27-20(26)11-8-24-12(10-6-4-3-5-7-10)9-28-19-16(23)15(22)14(21)13(17(19)24)18(11)25/h3-8,12H,2,9H2,1H3. The van der Waals surface area contributed by atoms with Gasteiger partial charge in [-0.05, 0) is 12.5 Å². The number of rotatable bonds is 3. The van der Waals surface area contributed by atoms with Gasteiger partial charge in [-0.3, -0.25) is 4.79 Å². The summed E-state index contributed by atoms with van der Waals surface area (Å²) in [6.07, 6.45) is 1.18. The van der Waals surface area contributed by atoms with Crippen LogP contribution in [0, 0.1) is 17.5 Å². The molecule has 8 heteroatoms. The van der Waals surface area contributed by atoms with Gasteiger partial charge >= 0.3 is 5.97 Å². The number of aromatic nitrogens is 1. The molecule has 28 heavy (non-hydrogen) atoms. The molecule has 2 heterocycles. The van der Waals surface area contributed by atoms with E-state index in [-0.39, 0.29) is 18.7 Å². The summed E-state index contributed by atoms with van der Waals surface area (Å²) in [6.45, 7) is 1.45. The van der Waals surface area contributed by atoms with Gasteiger partial charge < -0.3 is 14.0 Å². The highest BCUT2D eigenvalue weighted by Gasteiger charge is 2.33. The van der Waals surface area contributed by atoms with Crippen molar-refractivity contribution in [3.05, 3.63) is 75.3 Å². The second-order valence-electron chi connectivity index (χ2n) is 6.23. The minimum atomic E-state index is -1.83. The van der Waals surface area contributed by atoms with E-state index in [0.29, 0.717) is 0 Å². The van der Waals surface area contributed by atoms with Crippen molar-refractivity contribution < 1.29 is 27.4 Å². The Kier molecular flexibility index (Phi) is 4.33. The molecule has 1 atom stereocenters. The molecule has 0 spiro atoms. The summed E-state index contributed by atoms with van der Waals surface area (Å²) in [5.41, 5.74) is -1.07. The molecule has 3 aromatic rings. The van der Waals surface area contributed by atoms with Gasteiger partial charge in [0.2, 0.25) is 11.2 Å². The minimum Gasteiger partial charge on any atom is -0.486 e. The lowest BCUT2D eigenvalue weighted by atomic mass is 10.0. The fraction of sp³-hybridized carbons (Fsp3) is 0.200. The number of benzene rings is 2. The van der Waals surface area contributed by atoms with Crippen molar-refractivity contribution in [2.45, 2.75) is 13.0 Å². The number of nitrogens with zero attached hydrogens (tertiary/aromatic N) is 1. The zero-order chi connectivity index (χ0) is 20.0. The van der Waals surface area contributed by atoms with Gasteiger partial charge in [0, 0.05) is 6.20 Å². The molecular formula is C20H14F3NO4. The molecule has 4 rings (SSSR count). The van der Waals surface area contributed by atoms with Crippen LogP contribution in [0.5, 0.6) is 5.75 Å². The van der Waals surface area contributed by atoms with Gasteiger partial charge in [0.15, 0.2) is 17.4 Å². The van der Waals surface area contributed by atoms with E-state index < -0.39 is 51.6 Å². The molecule has 1 aromatic heterocycles. The first-order valence-electron chi connectivity index (χ1n) is 8.55. The van der Waals surface area contributed by atoms with Crippen LogP contribution in [0.1, 0.15) is 28.9 Å². The van der Waals surface area contributed by atoms with E-state index >= 15 is 0 Å². The summed E-state index contributed by atoms with van der Waals surface area (Å²) in [7, 11) is 0. The molecule has 1 aliphatic heterocycles. The van der Waals surface area contributed by atoms with Crippen molar-refractivity contribution in [3.8, 4) is 5.75 Å². The number of halogens is 3. The molecule has 1 unspecified atom stereocenters. The highest BCUT2D eigenvalue weighted by molar-refractivity contribution is 5.96. The van der Waals surface area contributed by atoms with E-state index in [1.165, 1.54) is 10.8 Å². The number of hydrogen-bond donors (Lipinski definition) is 0. The van der Waals surface area contributed by atoms with Crippen molar-refractivity contribution in [3.63, 3.8) is 0 Å². The van der Waals surface area contributed by atoms with E-state index in [2.05, 4.69) is 0 Å². The van der Waals surface area contributed by atoms with Crippen molar-refractivity contribution in [2.24, 2.45) is 0 Å². The molecule has 0 N–H and O–H groups in total. The van der Waals surface area contributed by atoms with Gasteiger partial charge in [-0.1, -0.05) is 30.3 Å². The van der Waals surface area contributed by atoms with E-state index in [4.69, 9.17) is 9.47 Å². The van der Waals surface area contributed by atoms with Crippen molar-refractivity contribution >= 4 is 16.9 Å². The number of esters is 1. The van der Waals surface area contributed by atoms with E-state index in [1.54, 1.807) is 37.3 Å². The summed E-state index contributed by atoms with van der Waals surface area (Å²) in [5, 5.41) is -0.750. The molecule has 0 saturated carbocycles. The molecule has 144 valence electrons. The molecule has 0 aliphatic carbocycles. The van der Waals surface area contributed by atoms with Gasteiger partial charge in [-0.2, -0.15) is 4.39 Å². The summed E-state index contributed by atoms with van der Waals surface area (Å²) in [4.78, 5) is 24.9. The summed E-state index contributed by atoms with van der Waals surface area (Å²) >= 11 is 0. The first-order valence-corrected chi connectivity index (χ1v) is 8.55. The van der Waals surface area contributed by atoms with Gasteiger partial charge in [-0.25, -0.2) is 13.6 Å². The van der Waals surface area contributed by atoms with Gasteiger partial charge in [0.05, 0.1) is 18.0 Å². The highest BCUT2D eigenvalue weighted by Crippen LogP contribution is 2.38. The molecule has 0 radical (unpaired) electrons. The lowest BCUT2D eigenvalue weighted by Gasteiger charge is -2.30. The minimum absolute atomic E-state index is 0.00690. The zero-order valence-corrected chi connectivity index (χ0v) is 14.7.